The maximum absolute atomic E-state index is 13.8. The third kappa shape index (κ3) is 3.10. The lowest BCUT2D eigenvalue weighted by Gasteiger charge is -2.16. The van der Waals surface area contributed by atoms with Crippen molar-refractivity contribution in [3.63, 3.8) is 0 Å². The van der Waals surface area contributed by atoms with Crippen LogP contribution in [0.5, 0.6) is 0 Å². The molecule has 0 aliphatic carbocycles. The van der Waals surface area contributed by atoms with E-state index in [2.05, 4.69) is 16.3 Å². The first-order chi connectivity index (χ1) is 11.2. The topological polar surface area (TPSA) is 56.1 Å². The lowest BCUT2D eigenvalue weighted by Crippen LogP contribution is -2.32. The average Bonchev–Trinajstić information content (AvgIpc) is 3.21. The minimum atomic E-state index is -0.395. The SMILES string of the molecule is C#CCNC(=O)[C@H]1CCO[C@@H]1c1cnn(-c2ccccc2F)c1. The summed E-state index contributed by atoms with van der Waals surface area (Å²) in [5.74, 6) is 1.56. The van der Waals surface area contributed by atoms with Crippen LogP contribution in [0, 0.1) is 24.1 Å². The zero-order valence-electron chi connectivity index (χ0n) is 12.4. The van der Waals surface area contributed by atoms with Gasteiger partial charge in [0.25, 0.3) is 0 Å². The molecule has 1 aliphatic rings. The number of hydrogen-bond acceptors (Lipinski definition) is 3. The Bertz CT molecular complexity index is 750. The minimum absolute atomic E-state index is 0.135. The van der Waals surface area contributed by atoms with Crippen molar-refractivity contribution >= 4 is 5.91 Å². The summed E-state index contributed by atoms with van der Waals surface area (Å²) >= 11 is 0. The second-order valence-corrected chi connectivity index (χ2v) is 5.28. The van der Waals surface area contributed by atoms with Gasteiger partial charge in [-0.2, -0.15) is 5.10 Å². The van der Waals surface area contributed by atoms with Gasteiger partial charge in [-0.25, -0.2) is 9.07 Å². The molecule has 5 nitrogen and oxygen atoms in total. The van der Waals surface area contributed by atoms with E-state index in [1.54, 1.807) is 30.6 Å². The Balaban J connectivity index is 1.81. The largest absolute Gasteiger partial charge is 0.373 e. The number of carbonyl (C=O) groups is 1. The van der Waals surface area contributed by atoms with Crippen LogP contribution in [-0.4, -0.2) is 28.8 Å². The highest BCUT2D eigenvalue weighted by Crippen LogP contribution is 2.34. The summed E-state index contributed by atoms with van der Waals surface area (Å²) in [7, 11) is 0. The maximum atomic E-state index is 13.8. The molecule has 0 bridgehead atoms. The molecule has 1 fully saturated rings. The molecule has 2 atom stereocenters. The fraction of sp³-hybridized carbons (Fsp3) is 0.294. The van der Waals surface area contributed by atoms with E-state index in [1.807, 2.05) is 0 Å². The summed E-state index contributed by atoms with van der Waals surface area (Å²) in [6, 6.07) is 6.37. The number of ether oxygens (including phenoxy) is 1. The van der Waals surface area contributed by atoms with Crippen molar-refractivity contribution in [2.24, 2.45) is 5.92 Å². The number of halogens is 1. The Labute approximate surface area is 133 Å². The molecule has 1 saturated heterocycles. The molecule has 3 rings (SSSR count). The first-order valence-corrected chi connectivity index (χ1v) is 7.33. The average molecular weight is 313 g/mol. The Morgan fingerprint density at radius 3 is 3.13 bits per heavy atom. The summed E-state index contributed by atoms with van der Waals surface area (Å²) in [5, 5.41) is 6.86. The third-order valence-corrected chi connectivity index (χ3v) is 3.82. The predicted molar refractivity (Wildman–Crippen MR) is 82.2 cm³/mol. The zero-order valence-corrected chi connectivity index (χ0v) is 12.4. The van der Waals surface area contributed by atoms with E-state index in [1.165, 1.54) is 10.7 Å². The van der Waals surface area contributed by atoms with Crippen LogP contribution in [0.3, 0.4) is 0 Å². The van der Waals surface area contributed by atoms with Gasteiger partial charge in [0.1, 0.15) is 11.5 Å². The number of para-hydroxylation sites is 1. The fourth-order valence-corrected chi connectivity index (χ4v) is 2.71. The van der Waals surface area contributed by atoms with Gasteiger partial charge in [-0.1, -0.05) is 18.1 Å². The predicted octanol–water partition coefficient (Wildman–Crippen LogP) is 1.84. The van der Waals surface area contributed by atoms with E-state index >= 15 is 0 Å². The Morgan fingerprint density at radius 2 is 2.35 bits per heavy atom. The lowest BCUT2D eigenvalue weighted by molar-refractivity contribution is -0.126. The van der Waals surface area contributed by atoms with E-state index in [9.17, 15) is 9.18 Å². The van der Waals surface area contributed by atoms with Gasteiger partial charge in [-0.05, 0) is 18.6 Å². The number of hydrogen-bond donors (Lipinski definition) is 1. The second-order valence-electron chi connectivity index (χ2n) is 5.28. The molecule has 23 heavy (non-hydrogen) atoms. The van der Waals surface area contributed by atoms with Crippen molar-refractivity contribution in [3.8, 4) is 18.0 Å². The van der Waals surface area contributed by atoms with Crippen molar-refractivity contribution < 1.29 is 13.9 Å². The Hall–Kier alpha value is -2.65. The van der Waals surface area contributed by atoms with E-state index in [-0.39, 0.29) is 24.2 Å². The number of carbonyl (C=O) groups excluding carboxylic acids is 1. The van der Waals surface area contributed by atoms with E-state index in [0.717, 1.165) is 5.56 Å². The molecule has 6 heteroatoms. The van der Waals surface area contributed by atoms with Crippen LogP contribution in [0.4, 0.5) is 4.39 Å². The number of nitrogens with one attached hydrogen (secondary N) is 1. The second kappa shape index (κ2) is 6.63. The van der Waals surface area contributed by atoms with Crippen molar-refractivity contribution in [1.29, 1.82) is 0 Å². The van der Waals surface area contributed by atoms with Gasteiger partial charge in [0.05, 0.1) is 24.8 Å². The van der Waals surface area contributed by atoms with Gasteiger partial charge in [-0.3, -0.25) is 4.79 Å². The Morgan fingerprint density at radius 1 is 1.52 bits per heavy atom. The van der Waals surface area contributed by atoms with Crippen LogP contribution >= 0.6 is 0 Å². The van der Waals surface area contributed by atoms with Crippen LogP contribution in [0.25, 0.3) is 5.69 Å². The van der Waals surface area contributed by atoms with Gasteiger partial charge in [0.2, 0.25) is 5.91 Å². The maximum Gasteiger partial charge on any atom is 0.226 e. The van der Waals surface area contributed by atoms with Crippen molar-refractivity contribution in [2.75, 3.05) is 13.2 Å². The molecular formula is C17H16FN3O2. The van der Waals surface area contributed by atoms with E-state index < -0.39 is 6.10 Å². The van der Waals surface area contributed by atoms with Crippen LogP contribution in [-0.2, 0) is 9.53 Å². The number of nitrogens with zero attached hydrogens (tertiary/aromatic N) is 2. The highest BCUT2D eigenvalue weighted by Gasteiger charge is 2.35. The van der Waals surface area contributed by atoms with E-state index in [4.69, 9.17) is 11.2 Å². The molecule has 2 aromatic rings. The molecular weight excluding hydrogens is 297 g/mol. The normalized spacial score (nSPS) is 20.2. The number of amides is 1. The quantitative estimate of drug-likeness (QED) is 0.876. The van der Waals surface area contributed by atoms with Gasteiger partial charge in [0.15, 0.2) is 0 Å². The highest BCUT2D eigenvalue weighted by molar-refractivity contribution is 5.80. The third-order valence-electron chi connectivity index (χ3n) is 3.82. The standard InChI is InChI=1S/C17H16FN3O2/c1-2-8-19-17(22)13-7-9-23-16(13)12-10-20-21(11-12)15-6-4-3-5-14(15)18/h1,3-6,10-11,13,16H,7-9H2,(H,19,22)/t13-,16+/m0/s1. The molecule has 0 radical (unpaired) electrons. The van der Waals surface area contributed by atoms with Crippen molar-refractivity contribution in [1.82, 2.24) is 15.1 Å². The summed E-state index contributed by atoms with van der Waals surface area (Å²) in [6.45, 7) is 0.681. The lowest BCUT2D eigenvalue weighted by atomic mass is 9.96. The smallest absolute Gasteiger partial charge is 0.226 e. The van der Waals surface area contributed by atoms with Gasteiger partial charge >= 0.3 is 0 Å². The molecule has 1 aromatic heterocycles. The van der Waals surface area contributed by atoms with Crippen LogP contribution < -0.4 is 5.32 Å². The first-order valence-electron chi connectivity index (χ1n) is 7.33. The van der Waals surface area contributed by atoms with Crippen molar-refractivity contribution in [3.05, 3.63) is 48.0 Å². The first kappa shape index (κ1) is 15.3. The van der Waals surface area contributed by atoms with E-state index in [0.29, 0.717) is 18.7 Å². The van der Waals surface area contributed by atoms with Crippen LogP contribution in [0.15, 0.2) is 36.7 Å². The molecule has 1 aliphatic heterocycles. The van der Waals surface area contributed by atoms with Gasteiger partial charge < -0.3 is 10.1 Å². The highest BCUT2D eigenvalue weighted by atomic mass is 19.1. The number of rotatable bonds is 4. The molecule has 118 valence electrons. The summed E-state index contributed by atoms with van der Waals surface area (Å²) in [5.41, 5.74) is 1.09. The number of aromatic nitrogens is 2. The van der Waals surface area contributed by atoms with Crippen LogP contribution in [0.1, 0.15) is 18.1 Å². The molecule has 2 heterocycles. The molecule has 0 unspecified atom stereocenters. The monoisotopic (exact) mass is 313 g/mol. The van der Waals surface area contributed by atoms with Gasteiger partial charge in [0, 0.05) is 18.4 Å². The molecule has 0 saturated carbocycles. The number of terminal acetylenes is 1. The Kier molecular flexibility index (Phi) is 4.40. The van der Waals surface area contributed by atoms with Crippen LogP contribution in [0.2, 0.25) is 0 Å². The minimum Gasteiger partial charge on any atom is -0.373 e. The summed E-state index contributed by atoms with van der Waals surface area (Å²) < 4.78 is 21.0. The molecule has 1 amide bonds. The molecule has 0 spiro atoms. The zero-order chi connectivity index (χ0) is 16.2. The summed E-state index contributed by atoms with van der Waals surface area (Å²) in [4.78, 5) is 12.1. The van der Waals surface area contributed by atoms with Crippen molar-refractivity contribution in [2.45, 2.75) is 12.5 Å². The number of benzene rings is 1. The van der Waals surface area contributed by atoms with Gasteiger partial charge in [-0.15, -0.1) is 6.42 Å². The molecule has 1 N–H and O–H groups in total. The summed E-state index contributed by atoms with van der Waals surface area (Å²) in [6.07, 6.45) is 8.67. The fourth-order valence-electron chi connectivity index (χ4n) is 2.71. The molecule has 1 aromatic carbocycles.